The highest BCUT2D eigenvalue weighted by molar-refractivity contribution is 5.51. The molecule has 0 heteroatoms. The third-order valence-corrected chi connectivity index (χ3v) is 9.73. The molecular formula is C25H32. The monoisotopic (exact) mass is 332 g/mol. The summed E-state index contributed by atoms with van der Waals surface area (Å²) in [5.41, 5.74) is 5.95. The molecule has 0 aromatic carbocycles. The predicted molar refractivity (Wildman–Crippen MR) is 104 cm³/mol. The van der Waals surface area contributed by atoms with Crippen LogP contribution >= 0.6 is 0 Å². The van der Waals surface area contributed by atoms with E-state index in [4.69, 9.17) is 0 Å². The van der Waals surface area contributed by atoms with E-state index in [-0.39, 0.29) is 0 Å². The lowest BCUT2D eigenvalue weighted by Gasteiger charge is -2.75. The molecular weight excluding hydrogens is 300 g/mol. The first-order valence-electron chi connectivity index (χ1n) is 10.8. The van der Waals surface area contributed by atoms with E-state index in [2.05, 4.69) is 44.7 Å². The summed E-state index contributed by atoms with van der Waals surface area (Å²) in [5, 5.41) is 0. The van der Waals surface area contributed by atoms with Gasteiger partial charge in [0.25, 0.3) is 0 Å². The van der Waals surface area contributed by atoms with Crippen LogP contribution < -0.4 is 0 Å². The Kier molecular flexibility index (Phi) is 2.78. The van der Waals surface area contributed by atoms with Crippen molar-refractivity contribution in [1.29, 1.82) is 0 Å². The van der Waals surface area contributed by atoms with E-state index in [1.807, 2.05) is 0 Å². The van der Waals surface area contributed by atoms with Crippen LogP contribution in [0.15, 0.2) is 47.6 Å². The van der Waals surface area contributed by atoms with Gasteiger partial charge in [-0.3, -0.25) is 0 Å². The number of hydrogen-bond donors (Lipinski definition) is 0. The van der Waals surface area contributed by atoms with E-state index in [0.717, 1.165) is 47.3 Å². The fourth-order valence-corrected chi connectivity index (χ4v) is 9.18. The highest BCUT2D eigenvalue weighted by Gasteiger charge is 2.69. The summed E-state index contributed by atoms with van der Waals surface area (Å²) in [4.78, 5) is 0. The zero-order chi connectivity index (χ0) is 17.0. The summed E-state index contributed by atoms with van der Waals surface area (Å²) in [7, 11) is 0. The third-order valence-electron chi connectivity index (χ3n) is 9.73. The molecule has 0 nitrogen and oxygen atoms in total. The van der Waals surface area contributed by atoms with Crippen LogP contribution in [0, 0.1) is 46.3 Å². The van der Waals surface area contributed by atoms with Gasteiger partial charge in [-0.2, -0.15) is 0 Å². The molecule has 0 aromatic rings. The van der Waals surface area contributed by atoms with E-state index in [1.54, 1.807) is 30.4 Å². The molecule has 8 aliphatic rings. The maximum Gasteiger partial charge on any atom is -0.00355 e. The molecule has 0 aliphatic heterocycles. The first kappa shape index (κ1) is 15.1. The molecule has 0 spiro atoms. The fourth-order valence-electron chi connectivity index (χ4n) is 9.18. The van der Waals surface area contributed by atoms with Crippen molar-refractivity contribution in [2.75, 3.05) is 0 Å². The second-order valence-corrected chi connectivity index (χ2v) is 10.8. The molecule has 0 heterocycles. The molecule has 8 rings (SSSR count). The Balaban J connectivity index is 1.45. The Hall–Kier alpha value is -1.04. The van der Waals surface area contributed by atoms with Crippen LogP contribution in [-0.2, 0) is 0 Å². The van der Waals surface area contributed by atoms with Gasteiger partial charge in [0, 0.05) is 0 Å². The van der Waals surface area contributed by atoms with Crippen molar-refractivity contribution >= 4 is 0 Å². The second kappa shape index (κ2) is 4.62. The average molecular weight is 333 g/mol. The van der Waals surface area contributed by atoms with Crippen molar-refractivity contribution in [2.24, 2.45) is 46.3 Å². The topological polar surface area (TPSA) is 0 Å². The van der Waals surface area contributed by atoms with E-state index in [1.165, 1.54) is 24.8 Å². The Bertz CT molecular complexity index is 679. The SMILES string of the molecule is C=CC1=CCC(=CC)C(C23CC4C5CC6(C)CC4C(C2)C(C6)C5C3)=C1. The first-order valence-corrected chi connectivity index (χ1v) is 10.8. The van der Waals surface area contributed by atoms with Crippen LogP contribution in [-0.4, -0.2) is 0 Å². The van der Waals surface area contributed by atoms with E-state index in [9.17, 15) is 0 Å². The maximum atomic E-state index is 4.06. The van der Waals surface area contributed by atoms with Gasteiger partial charge in [0.1, 0.15) is 0 Å². The van der Waals surface area contributed by atoms with Crippen LogP contribution in [0.1, 0.15) is 58.8 Å². The second-order valence-electron chi connectivity index (χ2n) is 10.8. The van der Waals surface area contributed by atoms with Crippen molar-refractivity contribution < 1.29 is 0 Å². The van der Waals surface area contributed by atoms with Crippen molar-refractivity contribution in [3.05, 3.63) is 47.6 Å². The van der Waals surface area contributed by atoms with E-state index < -0.39 is 0 Å². The normalized spacial score (nSPS) is 56.3. The molecule has 0 saturated heterocycles. The highest BCUT2D eigenvalue weighted by atomic mass is 14.7. The fraction of sp³-hybridized carbons (Fsp3) is 0.680. The molecule has 8 bridgehead atoms. The van der Waals surface area contributed by atoms with Gasteiger partial charge in [0.05, 0.1) is 0 Å². The van der Waals surface area contributed by atoms with Gasteiger partial charge in [-0.15, -0.1) is 0 Å². The molecule has 132 valence electrons. The summed E-state index contributed by atoms with van der Waals surface area (Å²) in [5.74, 6) is 6.41. The maximum absolute atomic E-state index is 4.06. The number of rotatable bonds is 2. The molecule has 0 aromatic heterocycles. The van der Waals surface area contributed by atoms with Crippen molar-refractivity contribution in [3.8, 4) is 0 Å². The summed E-state index contributed by atoms with van der Waals surface area (Å²) >= 11 is 0. The summed E-state index contributed by atoms with van der Waals surface area (Å²) in [6, 6.07) is 0. The smallest absolute Gasteiger partial charge is 0.00355 e. The summed E-state index contributed by atoms with van der Waals surface area (Å²) < 4.78 is 0. The minimum Gasteiger partial charge on any atom is -0.0985 e. The lowest BCUT2D eigenvalue weighted by atomic mass is 9.30. The lowest BCUT2D eigenvalue weighted by molar-refractivity contribution is -0.245. The number of allylic oxidation sites excluding steroid dienone is 7. The molecule has 25 heavy (non-hydrogen) atoms. The van der Waals surface area contributed by atoms with Crippen molar-refractivity contribution in [3.63, 3.8) is 0 Å². The quantitative estimate of drug-likeness (QED) is 0.543. The molecule has 7 fully saturated rings. The van der Waals surface area contributed by atoms with Gasteiger partial charge in [0.15, 0.2) is 0 Å². The lowest BCUT2D eigenvalue weighted by Crippen LogP contribution is -2.67. The minimum atomic E-state index is 0.513. The largest absolute Gasteiger partial charge is 0.0985 e. The summed E-state index contributed by atoms with van der Waals surface area (Å²) in [6.45, 7) is 8.94. The molecule has 0 unspecified atom stereocenters. The zero-order valence-electron chi connectivity index (χ0n) is 15.9. The Labute approximate surface area is 153 Å². The molecule has 0 N–H and O–H groups in total. The van der Waals surface area contributed by atoms with Gasteiger partial charge in [-0.25, -0.2) is 0 Å². The number of hydrogen-bond acceptors (Lipinski definition) is 0. The molecule has 7 saturated carbocycles. The Morgan fingerprint density at radius 1 is 0.920 bits per heavy atom. The van der Waals surface area contributed by atoms with E-state index in [0.29, 0.717) is 5.41 Å². The van der Waals surface area contributed by atoms with Gasteiger partial charge in [-0.1, -0.05) is 37.8 Å². The summed E-state index contributed by atoms with van der Waals surface area (Å²) in [6.07, 6.45) is 19.7. The predicted octanol–water partition coefficient (Wildman–Crippen LogP) is 6.47. The van der Waals surface area contributed by atoms with E-state index >= 15 is 0 Å². The van der Waals surface area contributed by atoms with Crippen LogP contribution in [0.25, 0.3) is 0 Å². The average Bonchev–Trinajstić information content (AvgIpc) is 2.64. The third kappa shape index (κ3) is 1.75. The van der Waals surface area contributed by atoms with Gasteiger partial charge < -0.3 is 0 Å². The van der Waals surface area contributed by atoms with Crippen LogP contribution in [0.2, 0.25) is 0 Å². The molecule has 0 radical (unpaired) electrons. The highest BCUT2D eigenvalue weighted by Crippen LogP contribution is 2.78. The van der Waals surface area contributed by atoms with Crippen LogP contribution in [0.5, 0.6) is 0 Å². The standard InChI is InChI=1S/C25H32/c1-4-15-6-7-16(5-2)23(8-15)25-12-20-17-9-24(3)10-18(20)22(14-25)19(11-24)21(17)13-25/h4-6,8,17-22H,1,7,9-14H2,2-3H3. The van der Waals surface area contributed by atoms with Crippen LogP contribution in [0.4, 0.5) is 0 Å². The minimum absolute atomic E-state index is 0.513. The van der Waals surface area contributed by atoms with Crippen LogP contribution in [0.3, 0.4) is 0 Å². The van der Waals surface area contributed by atoms with Gasteiger partial charge in [0.2, 0.25) is 0 Å². The van der Waals surface area contributed by atoms with Gasteiger partial charge in [-0.05, 0) is 115 Å². The molecule has 0 amide bonds. The Morgan fingerprint density at radius 2 is 1.44 bits per heavy atom. The van der Waals surface area contributed by atoms with Crippen molar-refractivity contribution in [1.82, 2.24) is 0 Å². The van der Waals surface area contributed by atoms with Gasteiger partial charge >= 0.3 is 0 Å². The Morgan fingerprint density at radius 3 is 1.92 bits per heavy atom. The molecule has 0 atom stereocenters. The van der Waals surface area contributed by atoms with Crippen molar-refractivity contribution in [2.45, 2.75) is 58.8 Å². The first-order chi connectivity index (χ1) is 12.1. The zero-order valence-corrected chi connectivity index (χ0v) is 15.9. The molecule has 8 aliphatic carbocycles.